The first-order chi connectivity index (χ1) is 6.61. The highest BCUT2D eigenvalue weighted by Gasteiger charge is 2.72. The third-order valence-corrected chi connectivity index (χ3v) is 3.11. The lowest BCUT2D eigenvalue weighted by Gasteiger charge is -2.18. The van der Waals surface area contributed by atoms with Gasteiger partial charge < -0.3 is 19.7 Å². The molecule has 0 amide bonds. The molecular weight excluding hydrogens is 192 g/mol. The molecule has 0 bridgehead atoms. The van der Waals surface area contributed by atoms with Crippen LogP contribution in [0.25, 0.3) is 0 Å². The second-order valence-corrected chi connectivity index (χ2v) is 3.86. The summed E-state index contributed by atoms with van der Waals surface area (Å²) in [6.07, 6.45) is -1.29. The van der Waals surface area contributed by atoms with E-state index in [1.54, 1.807) is 0 Å². The lowest BCUT2D eigenvalue weighted by molar-refractivity contribution is -0.155. The molecule has 0 unspecified atom stereocenters. The minimum Gasteiger partial charge on any atom is -0.481 e. The Kier molecular flexibility index (Phi) is 1.32. The van der Waals surface area contributed by atoms with Gasteiger partial charge in [0.1, 0.15) is 36.3 Å². The molecule has 3 rings (SSSR count). The Labute approximate surface area is 78.4 Å². The second-order valence-electron chi connectivity index (χ2n) is 3.86. The molecule has 2 N–H and O–H groups in total. The van der Waals surface area contributed by atoms with Crippen LogP contribution < -0.4 is 0 Å². The number of carboxylic acids is 2. The van der Waals surface area contributed by atoms with E-state index in [1.807, 2.05) is 0 Å². The maximum absolute atomic E-state index is 10.9. The van der Waals surface area contributed by atoms with Gasteiger partial charge in [-0.05, 0) is 0 Å². The average Bonchev–Trinajstić information content (AvgIpc) is 2.93. The van der Waals surface area contributed by atoms with Crippen LogP contribution in [0.3, 0.4) is 0 Å². The number of fused-ring (bicyclic) bond motifs is 3. The molecule has 6 atom stereocenters. The molecular formula is C8H8O6. The van der Waals surface area contributed by atoms with Gasteiger partial charge in [0, 0.05) is 0 Å². The molecule has 2 aliphatic heterocycles. The molecule has 0 aromatic heterocycles. The van der Waals surface area contributed by atoms with Crippen LogP contribution in [0.1, 0.15) is 0 Å². The predicted octanol–water partition coefficient (Wildman–Crippen LogP) is -1.06. The Morgan fingerprint density at radius 2 is 1.14 bits per heavy atom. The molecule has 2 saturated heterocycles. The largest absolute Gasteiger partial charge is 0.481 e. The summed E-state index contributed by atoms with van der Waals surface area (Å²) in [5, 5.41) is 17.8. The molecule has 14 heavy (non-hydrogen) atoms. The average molecular weight is 200 g/mol. The molecule has 0 spiro atoms. The van der Waals surface area contributed by atoms with Crippen LogP contribution in [0.15, 0.2) is 0 Å². The van der Waals surface area contributed by atoms with E-state index in [9.17, 15) is 9.59 Å². The molecule has 0 aromatic rings. The van der Waals surface area contributed by atoms with Gasteiger partial charge in [-0.25, -0.2) is 0 Å². The van der Waals surface area contributed by atoms with E-state index in [4.69, 9.17) is 19.7 Å². The standard InChI is InChI=1S/C8H8O6/c9-7(10)1-2(8(11)12)4-6(14-4)5-3(1)13-5/h1-6H,(H,9,10)(H,11,12)/t1-,2-,3-,4-,5-,6-/m0/s1. The molecule has 1 saturated carbocycles. The number of carbonyl (C=O) groups is 2. The van der Waals surface area contributed by atoms with Crippen LogP contribution in [0.2, 0.25) is 0 Å². The maximum Gasteiger partial charge on any atom is 0.310 e. The zero-order valence-corrected chi connectivity index (χ0v) is 6.99. The van der Waals surface area contributed by atoms with Crippen LogP contribution in [-0.4, -0.2) is 46.6 Å². The van der Waals surface area contributed by atoms with E-state index in [1.165, 1.54) is 0 Å². The van der Waals surface area contributed by atoms with Gasteiger partial charge in [-0.2, -0.15) is 0 Å². The van der Waals surface area contributed by atoms with Gasteiger partial charge in [-0.1, -0.05) is 0 Å². The van der Waals surface area contributed by atoms with Gasteiger partial charge in [-0.3, -0.25) is 9.59 Å². The highest BCUT2D eigenvalue weighted by atomic mass is 16.7. The van der Waals surface area contributed by atoms with E-state index < -0.39 is 36.0 Å². The molecule has 0 radical (unpaired) electrons. The SMILES string of the molecule is O=C(O)[C@@H]1[C@@H]2O[C@@H]2[C@H]2O[C@H]2[C@H]1C(=O)O. The number of epoxide rings is 2. The van der Waals surface area contributed by atoms with Gasteiger partial charge in [0.15, 0.2) is 0 Å². The Hall–Kier alpha value is -1.14. The Balaban J connectivity index is 1.92. The minimum absolute atomic E-state index is 0.184. The Morgan fingerprint density at radius 3 is 1.43 bits per heavy atom. The third kappa shape index (κ3) is 0.869. The van der Waals surface area contributed by atoms with Gasteiger partial charge in [0.2, 0.25) is 0 Å². The zero-order chi connectivity index (χ0) is 10.0. The van der Waals surface area contributed by atoms with Crippen molar-refractivity contribution in [3.63, 3.8) is 0 Å². The van der Waals surface area contributed by atoms with E-state index in [0.717, 1.165) is 0 Å². The van der Waals surface area contributed by atoms with Gasteiger partial charge in [0.25, 0.3) is 0 Å². The smallest absolute Gasteiger partial charge is 0.310 e. The number of hydrogen-bond acceptors (Lipinski definition) is 4. The molecule has 1 aliphatic carbocycles. The lowest BCUT2D eigenvalue weighted by Crippen LogP contribution is -2.42. The summed E-state index contributed by atoms with van der Waals surface area (Å²) < 4.78 is 10.2. The van der Waals surface area contributed by atoms with Crippen molar-refractivity contribution in [1.82, 2.24) is 0 Å². The van der Waals surface area contributed by atoms with Crippen molar-refractivity contribution in [2.45, 2.75) is 24.4 Å². The number of ether oxygens (including phenoxy) is 2. The van der Waals surface area contributed by atoms with Crippen molar-refractivity contribution >= 4 is 11.9 Å². The summed E-state index contributed by atoms with van der Waals surface area (Å²) in [7, 11) is 0. The molecule has 2 heterocycles. The van der Waals surface area contributed by atoms with Gasteiger partial charge >= 0.3 is 11.9 Å². The van der Waals surface area contributed by atoms with Crippen LogP contribution >= 0.6 is 0 Å². The second kappa shape index (κ2) is 2.26. The Bertz CT molecular complexity index is 294. The summed E-state index contributed by atoms with van der Waals surface area (Å²) >= 11 is 0. The molecule has 3 aliphatic rings. The van der Waals surface area contributed by atoms with E-state index >= 15 is 0 Å². The first-order valence-electron chi connectivity index (χ1n) is 4.38. The fraction of sp³-hybridized carbons (Fsp3) is 0.750. The molecule has 0 aromatic carbocycles. The molecule has 76 valence electrons. The van der Waals surface area contributed by atoms with E-state index in [2.05, 4.69) is 0 Å². The van der Waals surface area contributed by atoms with Crippen molar-refractivity contribution < 1.29 is 29.3 Å². The Morgan fingerprint density at radius 1 is 0.786 bits per heavy atom. The summed E-state index contributed by atoms with van der Waals surface area (Å²) in [5.74, 6) is -4.14. The fourth-order valence-electron chi connectivity index (χ4n) is 2.38. The summed E-state index contributed by atoms with van der Waals surface area (Å²) in [6.45, 7) is 0. The van der Waals surface area contributed by atoms with Gasteiger partial charge in [-0.15, -0.1) is 0 Å². The highest BCUT2D eigenvalue weighted by molar-refractivity contribution is 5.82. The van der Waals surface area contributed by atoms with Crippen molar-refractivity contribution in [3.8, 4) is 0 Å². The molecule has 6 heteroatoms. The van der Waals surface area contributed by atoms with Crippen LogP contribution in [0.4, 0.5) is 0 Å². The minimum atomic E-state index is -1.11. The van der Waals surface area contributed by atoms with Crippen molar-refractivity contribution in [1.29, 1.82) is 0 Å². The highest BCUT2D eigenvalue weighted by Crippen LogP contribution is 2.53. The molecule has 3 fully saturated rings. The normalized spacial score (nSPS) is 52.9. The summed E-state index contributed by atoms with van der Waals surface area (Å²) in [6, 6.07) is 0. The number of hydrogen-bond donors (Lipinski definition) is 2. The quantitative estimate of drug-likeness (QED) is 0.551. The van der Waals surface area contributed by atoms with Crippen molar-refractivity contribution in [3.05, 3.63) is 0 Å². The number of aliphatic carboxylic acids is 2. The van der Waals surface area contributed by atoms with Gasteiger partial charge in [0.05, 0.1) is 0 Å². The third-order valence-electron chi connectivity index (χ3n) is 3.11. The number of rotatable bonds is 2. The molecule has 6 nitrogen and oxygen atoms in total. The summed E-state index contributed by atoms with van der Waals surface area (Å²) in [5.41, 5.74) is 0. The van der Waals surface area contributed by atoms with E-state index in [-0.39, 0.29) is 12.2 Å². The monoisotopic (exact) mass is 200 g/mol. The predicted molar refractivity (Wildman–Crippen MR) is 39.6 cm³/mol. The lowest BCUT2D eigenvalue weighted by atomic mass is 9.79. The first kappa shape index (κ1) is 8.19. The number of carboxylic acid groups (broad SMARTS) is 2. The van der Waals surface area contributed by atoms with Crippen LogP contribution in [0.5, 0.6) is 0 Å². The van der Waals surface area contributed by atoms with Crippen molar-refractivity contribution in [2.24, 2.45) is 11.8 Å². The van der Waals surface area contributed by atoms with Crippen LogP contribution in [0, 0.1) is 11.8 Å². The van der Waals surface area contributed by atoms with Crippen LogP contribution in [-0.2, 0) is 19.1 Å². The maximum atomic E-state index is 10.9. The van der Waals surface area contributed by atoms with Crippen molar-refractivity contribution in [2.75, 3.05) is 0 Å². The summed E-state index contributed by atoms with van der Waals surface area (Å²) in [4.78, 5) is 21.7. The van der Waals surface area contributed by atoms with E-state index in [0.29, 0.717) is 0 Å². The fourth-order valence-corrected chi connectivity index (χ4v) is 2.38. The topological polar surface area (TPSA) is 99.7 Å². The zero-order valence-electron chi connectivity index (χ0n) is 6.99. The first-order valence-corrected chi connectivity index (χ1v) is 4.38.